The monoisotopic (exact) mass is 381 g/mol. The number of cyclic esters (lactones) is 1. The Labute approximate surface area is 124 Å². The van der Waals surface area contributed by atoms with Crippen molar-refractivity contribution in [2.75, 3.05) is 13.2 Å². The number of carbonyl (C=O) groups is 3. The maximum Gasteiger partial charge on any atom is 0.329 e. The molecule has 0 aromatic heterocycles. The van der Waals surface area contributed by atoms with Crippen LogP contribution in [0.1, 0.15) is 26.7 Å². The van der Waals surface area contributed by atoms with E-state index in [2.05, 4.69) is 0 Å². The molecule has 2 aliphatic heterocycles. The molecule has 6 nitrogen and oxygen atoms in total. The van der Waals surface area contributed by atoms with E-state index in [4.69, 9.17) is 9.47 Å². The zero-order valence-corrected chi connectivity index (χ0v) is 13.0. The number of alkyl halides is 1. The number of nitrogens with zero attached hydrogens (tertiary/aromatic N) is 1. The molecule has 0 aromatic rings. The van der Waals surface area contributed by atoms with Crippen molar-refractivity contribution in [3.8, 4) is 0 Å². The summed E-state index contributed by atoms with van der Waals surface area (Å²) in [5.41, 5.74) is -1.47. The average Bonchev–Trinajstić information content (AvgIpc) is 2.85. The summed E-state index contributed by atoms with van der Waals surface area (Å²) in [5, 5.41) is 0. The molecule has 2 fully saturated rings. The van der Waals surface area contributed by atoms with Crippen LogP contribution in [0.4, 0.5) is 0 Å². The van der Waals surface area contributed by atoms with Crippen molar-refractivity contribution in [1.29, 1.82) is 0 Å². The van der Waals surface area contributed by atoms with Crippen molar-refractivity contribution in [3.05, 3.63) is 0 Å². The minimum atomic E-state index is -1.47. The Hall–Kier alpha value is -0.860. The standard InChI is InChI=1S/C12H16INO5/c1-3-18-10(16)8(13)12(2)11(17)14-6-4-5-7(14)9(15)19-12/h7-8H,3-6H2,1-2H3/t7-,8+,12+/m0/s1. The normalized spacial score (nSPS) is 31.7. The van der Waals surface area contributed by atoms with E-state index < -0.39 is 27.5 Å². The summed E-state index contributed by atoms with van der Waals surface area (Å²) in [6.45, 7) is 3.94. The first-order valence-corrected chi connectivity index (χ1v) is 7.51. The molecule has 106 valence electrons. The van der Waals surface area contributed by atoms with Gasteiger partial charge in [0.05, 0.1) is 6.61 Å². The molecular weight excluding hydrogens is 365 g/mol. The number of hydrogen-bond donors (Lipinski definition) is 0. The van der Waals surface area contributed by atoms with Gasteiger partial charge < -0.3 is 14.4 Å². The second-order valence-electron chi connectivity index (χ2n) is 4.80. The number of morpholine rings is 1. The summed E-state index contributed by atoms with van der Waals surface area (Å²) in [6, 6.07) is -0.480. The molecule has 2 heterocycles. The minimum absolute atomic E-state index is 0.225. The number of amides is 1. The maximum absolute atomic E-state index is 12.5. The number of carbonyl (C=O) groups excluding carboxylic acids is 3. The zero-order chi connectivity index (χ0) is 14.2. The molecule has 19 heavy (non-hydrogen) atoms. The lowest BCUT2D eigenvalue weighted by molar-refractivity contribution is -0.190. The van der Waals surface area contributed by atoms with E-state index in [1.54, 1.807) is 29.5 Å². The van der Waals surface area contributed by atoms with Crippen LogP contribution in [0.2, 0.25) is 0 Å². The lowest BCUT2D eigenvalue weighted by Gasteiger charge is -2.41. The van der Waals surface area contributed by atoms with E-state index >= 15 is 0 Å². The summed E-state index contributed by atoms with van der Waals surface area (Å²) in [4.78, 5) is 37.7. The molecule has 0 bridgehead atoms. The van der Waals surface area contributed by atoms with Gasteiger partial charge in [0.1, 0.15) is 6.04 Å². The van der Waals surface area contributed by atoms with E-state index in [9.17, 15) is 14.4 Å². The lowest BCUT2D eigenvalue weighted by Crippen LogP contribution is -2.64. The van der Waals surface area contributed by atoms with Crippen molar-refractivity contribution in [1.82, 2.24) is 4.90 Å². The molecule has 0 radical (unpaired) electrons. The number of esters is 2. The van der Waals surface area contributed by atoms with Gasteiger partial charge in [-0.15, -0.1) is 0 Å². The number of ether oxygens (including phenoxy) is 2. The molecule has 0 aliphatic carbocycles. The second-order valence-corrected chi connectivity index (χ2v) is 6.04. The predicted octanol–water partition coefficient (Wildman–Crippen LogP) is 0.660. The van der Waals surface area contributed by atoms with Crippen molar-refractivity contribution >= 4 is 40.4 Å². The molecule has 2 saturated heterocycles. The smallest absolute Gasteiger partial charge is 0.329 e. The molecule has 0 spiro atoms. The zero-order valence-electron chi connectivity index (χ0n) is 10.8. The van der Waals surface area contributed by atoms with Gasteiger partial charge in [-0.05, 0) is 26.7 Å². The Balaban J connectivity index is 2.24. The number of rotatable bonds is 3. The van der Waals surface area contributed by atoms with Crippen LogP contribution in [0.5, 0.6) is 0 Å². The first-order chi connectivity index (χ1) is 8.91. The van der Waals surface area contributed by atoms with Gasteiger partial charge in [-0.25, -0.2) is 4.79 Å². The molecule has 2 rings (SSSR count). The average molecular weight is 381 g/mol. The van der Waals surface area contributed by atoms with Crippen molar-refractivity contribution in [3.63, 3.8) is 0 Å². The SMILES string of the molecule is CCOC(=O)[C@@H](I)[C@@]1(C)OC(=O)[C@@H]2CCCN2C1=O. The van der Waals surface area contributed by atoms with Crippen LogP contribution in [0, 0.1) is 0 Å². The largest absolute Gasteiger partial charge is 0.465 e. The van der Waals surface area contributed by atoms with Gasteiger partial charge in [0.15, 0.2) is 3.92 Å². The van der Waals surface area contributed by atoms with Gasteiger partial charge in [0.25, 0.3) is 5.91 Å². The highest BCUT2D eigenvalue weighted by atomic mass is 127. The molecule has 2 aliphatic rings. The highest BCUT2D eigenvalue weighted by molar-refractivity contribution is 14.1. The Morgan fingerprint density at radius 3 is 2.95 bits per heavy atom. The molecule has 0 saturated carbocycles. The molecule has 0 unspecified atom stereocenters. The number of hydrogen-bond acceptors (Lipinski definition) is 5. The van der Waals surface area contributed by atoms with Gasteiger partial charge in [0, 0.05) is 6.54 Å². The molecule has 3 atom stereocenters. The quantitative estimate of drug-likeness (QED) is 0.408. The van der Waals surface area contributed by atoms with Crippen molar-refractivity contribution in [2.45, 2.75) is 42.3 Å². The highest BCUT2D eigenvalue weighted by Gasteiger charge is 2.57. The number of halogens is 1. The highest BCUT2D eigenvalue weighted by Crippen LogP contribution is 2.35. The van der Waals surface area contributed by atoms with Crippen LogP contribution in [0.3, 0.4) is 0 Å². The minimum Gasteiger partial charge on any atom is -0.465 e. The second kappa shape index (κ2) is 5.26. The van der Waals surface area contributed by atoms with Crippen LogP contribution >= 0.6 is 22.6 Å². The Morgan fingerprint density at radius 2 is 2.32 bits per heavy atom. The van der Waals surface area contributed by atoms with Crippen LogP contribution in [0.15, 0.2) is 0 Å². The first-order valence-electron chi connectivity index (χ1n) is 6.26. The third-order valence-electron chi connectivity index (χ3n) is 3.50. The first kappa shape index (κ1) is 14.5. The van der Waals surface area contributed by atoms with Crippen molar-refractivity contribution < 1.29 is 23.9 Å². The van der Waals surface area contributed by atoms with Crippen LogP contribution in [0.25, 0.3) is 0 Å². The fraction of sp³-hybridized carbons (Fsp3) is 0.750. The summed E-state index contributed by atoms with van der Waals surface area (Å²) >= 11 is 1.81. The summed E-state index contributed by atoms with van der Waals surface area (Å²) in [6.07, 6.45) is 1.42. The van der Waals surface area contributed by atoms with Gasteiger partial charge in [0.2, 0.25) is 5.60 Å². The Morgan fingerprint density at radius 1 is 1.63 bits per heavy atom. The third-order valence-corrected chi connectivity index (χ3v) is 5.20. The van der Waals surface area contributed by atoms with Gasteiger partial charge >= 0.3 is 11.9 Å². The maximum atomic E-state index is 12.5. The molecule has 0 aromatic carbocycles. The molecule has 1 amide bonds. The van der Waals surface area contributed by atoms with Crippen molar-refractivity contribution in [2.24, 2.45) is 0 Å². The Kier molecular flexibility index (Phi) is 4.03. The van der Waals surface area contributed by atoms with E-state index in [0.717, 1.165) is 6.42 Å². The molecule has 7 heteroatoms. The summed E-state index contributed by atoms with van der Waals surface area (Å²) in [7, 11) is 0. The Bertz CT molecular complexity index is 426. The third kappa shape index (κ3) is 2.32. The van der Waals surface area contributed by atoms with Gasteiger partial charge in [-0.1, -0.05) is 22.6 Å². The van der Waals surface area contributed by atoms with Crippen LogP contribution < -0.4 is 0 Å². The van der Waals surface area contributed by atoms with Gasteiger partial charge in [-0.2, -0.15) is 0 Å². The van der Waals surface area contributed by atoms with E-state index in [-0.39, 0.29) is 12.5 Å². The topological polar surface area (TPSA) is 72.9 Å². The fourth-order valence-electron chi connectivity index (χ4n) is 2.46. The van der Waals surface area contributed by atoms with E-state index in [1.807, 2.05) is 0 Å². The van der Waals surface area contributed by atoms with Crippen LogP contribution in [-0.4, -0.2) is 51.5 Å². The molecular formula is C12H16INO5. The summed E-state index contributed by atoms with van der Waals surface area (Å²) < 4.78 is 9.35. The fourth-order valence-corrected chi connectivity index (χ4v) is 3.03. The summed E-state index contributed by atoms with van der Waals surface area (Å²) in [5.74, 6) is -1.27. The predicted molar refractivity (Wildman–Crippen MR) is 73.7 cm³/mol. The van der Waals surface area contributed by atoms with Crippen LogP contribution in [-0.2, 0) is 23.9 Å². The van der Waals surface area contributed by atoms with Gasteiger partial charge in [-0.3, -0.25) is 9.59 Å². The van der Waals surface area contributed by atoms with E-state index in [0.29, 0.717) is 13.0 Å². The lowest BCUT2D eigenvalue weighted by atomic mass is 9.97. The molecule has 0 N–H and O–H groups in total. The number of fused-ring (bicyclic) bond motifs is 1. The van der Waals surface area contributed by atoms with E-state index in [1.165, 1.54) is 11.8 Å².